The Labute approximate surface area is 203 Å². The first kappa shape index (κ1) is 22.2. The molecule has 0 spiro atoms. The molecule has 2 aromatic carbocycles. The van der Waals surface area contributed by atoms with Crippen LogP contribution in [0.4, 0.5) is 10.2 Å². The topological polar surface area (TPSA) is 86.4 Å². The smallest absolute Gasteiger partial charge is 0.423 e. The second-order valence-electron chi connectivity index (χ2n) is 9.53. The molecule has 0 amide bonds. The Bertz CT molecular complexity index is 1420. The SMILES string of the molecule is Cc1cc2c(B(O)O)cccc2n1-c1nc2c(c(NCc3cccc(F)c3)n1)CN1CCCC1C2. The Morgan fingerprint density at radius 3 is 2.83 bits per heavy atom. The lowest BCUT2D eigenvalue weighted by atomic mass is 9.78. The van der Waals surface area contributed by atoms with Crippen molar-refractivity contribution >= 4 is 29.3 Å². The van der Waals surface area contributed by atoms with Crippen LogP contribution in [0.3, 0.4) is 0 Å². The molecule has 9 heteroatoms. The summed E-state index contributed by atoms with van der Waals surface area (Å²) in [4.78, 5) is 12.5. The molecular formula is C26H27BFN5O2. The molecule has 1 saturated heterocycles. The van der Waals surface area contributed by atoms with Crippen LogP contribution in [0.25, 0.3) is 16.9 Å². The molecule has 35 heavy (non-hydrogen) atoms. The van der Waals surface area contributed by atoms with E-state index >= 15 is 0 Å². The van der Waals surface area contributed by atoms with Crippen molar-refractivity contribution in [2.24, 2.45) is 0 Å². The van der Waals surface area contributed by atoms with Gasteiger partial charge in [0.1, 0.15) is 11.6 Å². The second-order valence-corrected chi connectivity index (χ2v) is 9.53. The number of anilines is 1. The highest BCUT2D eigenvalue weighted by molar-refractivity contribution is 6.61. The third kappa shape index (κ3) is 3.99. The van der Waals surface area contributed by atoms with Crippen LogP contribution in [0.1, 0.15) is 35.4 Å². The van der Waals surface area contributed by atoms with Gasteiger partial charge in [0.2, 0.25) is 5.95 Å². The number of nitrogens with one attached hydrogen (secondary N) is 1. The minimum Gasteiger partial charge on any atom is -0.423 e. The van der Waals surface area contributed by atoms with E-state index in [-0.39, 0.29) is 5.82 Å². The fourth-order valence-electron chi connectivity index (χ4n) is 5.57. The van der Waals surface area contributed by atoms with Gasteiger partial charge < -0.3 is 15.4 Å². The average Bonchev–Trinajstić information content (AvgIpc) is 3.43. The van der Waals surface area contributed by atoms with E-state index in [1.54, 1.807) is 12.1 Å². The molecule has 7 nitrogen and oxygen atoms in total. The van der Waals surface area contributed by atoms with E-state index in [2.05, 4.69) is 10.2 Å². The second kappa shape index (κ2) is 8.75. The summed E-state index contributed by atoms with van der Waals surface area (Å²) in [5, 5.41) is 23.9. The highest BCUT2D eigenvalue weighted by Gasteiger charge is 2.33. The van der Waals surface area contributed by atoms with E-state index in [4.69, 9.17) is 9.97 Å². The van der Waals surface area contributed by atoms with Crippen molar-refractivity contribution in [1.82, 2.24) is 19.4 Å². The summed E-state index contributed by atoms with van der Waals surface area (Å²) in [6.07, 6.45) is 3.24. The number of hydrogen-bond donors (Lipinski definition) is 3. The number of fused-ring (bicyclic) bond motifs is 3. The first-order valence-corrected chi connectivity index (χ1v) is 12.1. The lowest BCUT2D eigenvalue weighted by Gasteiger charge is -2.32. The number of benzene rings is 2. The average molecular weight is 471 g/mol. The van der Waals surface area contributed by atoms with Crippen LogP contribution in [-0.4, -0.2) is 49.2 Å². The highest BCUT2D eigenvalue weighted by Crippen LogP contribution is 2.34. The molecule has 2 aliphatic rings. The zero-order valence-corrected chi connectivity index (χ0v) is 19.6. The molecule has 0 bridgehead atoms. The number of halogens is 1. The Hall–Kier alpha value is -3.27. The third-order valence-corrected chi connectivity index (χ3v) is 7.26. The van der Waals surface area contributed by atoms with E-state index in [1.807, 2.05) is 35.8 Å². The molecule has 0 aliphatic carbocycles. The van der Waals surface area contributed by atoms with Crippen molar-refractivity contribution in [2.75, 3.05) is 11.9 Å². The molecule has 4 heterocycles. The van der Waals surface area contributed by atoms with Crippen molar-refractivity contribution in [3.63, 3.8) is 0 Å². The van der Waals surface area contributed by atoms with Gasteiger partial charge in [-0.3, -0.25) is 9.47 Å². The maximum Gasteiger partial charge on any atom is 0.489 e. The first-order valence-electron chi connectivity index (χ1n) is 12.1. The maximum atomic E-state index is 13.7. The quantitative estimate of drug-likeness (QED) is 0.388. The van der Waals surface area contributed by atoms with Crippen LogP contribution in [0.5, 0.6) is 0 Å². The van der Waals surface area contributed by atoms with Crippen LogP contribution >= 0.6 is 0 Å². The standard InChI is InChI=1S/C26H27BFN5O2/c1-16-11-20-22(27(34)35)8-3-9-24(20)33(16)26-30-23-13-19-7-4-10-32(19)15-21(23)25(31-26)29-14-17-5-2-6-18(28)12-17/h2-3,5-6,8-9,11-12,19,34-35H,4,7,10,13-15H2,1H3,(H,29,30,31). The van der Waals surface area contributed by atoms with Gasteiger partial charge in [0, 0.05) is 42.2 Å². The zero-order valence-electron chi connectivity index (χ0n) is 19.6. The Kier molecular flexibility index (Phi) is 5.55. The summed E-state index contributed by atoms with van der Waals surface area (Å²) in [7, 11) is -1.56. The molecule has 178 valence electrons. The molecule has 3 N–H and O–H groups in total. The van der Waals surface area contributed by atoms with Gasteiger partial charge >= 0.3 is 7.12 Å². The van der Waals surface area contributed by atoms with E-state index in [1.165, 1.54) is 25.0 Å². The molecule has 1 atom stereocenters. The number of hydrogen-bond acceptors (Lipinski definition) is 6. The molecule has 0 radical (unpaired) electrons. The van der Waals surface area contributed by atoms with Crippen molar-refractivity contribution < 1.29 is 14.4 Å². The van der Waals surface area contributed by atoms with Gasteiger partial charge in [-0.05, 0) is 61.6 Å². The first-order chi connectivity index (χ1) is 17.0. The van der Waals surface area contributed by atoms with Gasteiger partial charge in [-0.1, -0.05) is 24.3 Å². The van der Waals surface area contributed by atoms with Crippen LogP contribution in [0.2, 0.25) is 0 Å². The minimum atomic E-state index is -1.56. The van der Waals surface area contributed by atoms with Gasteiger partial charge in [0.25, 0.3) is 0 Å². The molecule has 1 unspecified atom stereocenters. The summed E-state index contributed by atoms with van der Waals surface area (Å²) in [6.45, 7) is 4.31. The van der Waals surface area contributed by atoms with Crippen molar-refractivity contribution in [3.8, 4) is 5.95 Å². The normalized spacial score (nSPS) is 17.4. The Morgan fingerprint density at radius 1 is 1.14 bits per heavy atom. The zero-order chi connectivity index (χ0) is 24.1. The largest absolute Gasteiger partial charge is 0.489 e. The van der Waals surface area contributed by atoms with E-state index in [9.17, 15) is 14.4 Å². The maximum absolute atomic E-state index is 13.7. The van der Waals surface area contributed by atoms with Gasteiger partial charge in [0.15, 0.2) is 0 Å². The lowest BCUT2D eigenvalue weighted by Crippen LogP contribution is -2.36. The summed E-state index contributed by atoms with van der Waals surface area (Å²) in [6, 6.07) is 14.5. The van der Waals surface area contributed by atoms with E-state index in [0.717, 1.165) is 58.7 Å². The molecular weight excluding hydrogens is 444 g/mol. The summed E-state index contributed by atoms with van der Waals surface area (Å²) < 4.78 is 15.7. The molecule has 0 saturated carbocycles. The fourth-order valence-corrected chi connectivity index (χ4v) is 5.57. The number of rotatable bonds is 5. The fraction of sp³-hybridized carbons (Fsp3) is 0.308. The van der Waals surface area contributed by atoms with Crippen molar-refractivity contribution in [3.05, 3.63) is 76.9 Å². The molecule has 4 aromatic rings. The van der Waals surface area contributed by atoms with Crippen LogP contribution in [0, 0.1) is 12.7 Å². The van der Waals surface area contributed by atoms with Gasteiger partial charge in [-0.15, -0.1) is 0 Å². The summed E-state index contributed by atoms with van der Waals surface area (Å²) >= 11 is 0. The number of aromatic nitrogens is 3. The number of aryl methyl sites for hydroxylation is 1. The number of nitrogens with zero attached hydrogens (tertiary/aromatic N) is 4. The Morgan fingerprint density at radius 2 is 2.00 bits per heavy atom. The van der Waals surface area contributed by atoms with E-state index < -0.39 is 7.12 Å². The lowest BCUT2D eigenvalue weighted by molar-refractivity contribution is 0.225. The van der Waals surface area contributed by atoms with E-state index in [0.29, 0.717) is 24.0 Å². The molecule has 2 aromatic heterocycles. The van der Waals surface area contributed by atoms with Crippen molar-refractivity contribution in [1.29, 1.82) is 0 Å². The Balaban J connectivity index is 1.46. The van der Waals surface area contributed by atoms with Crippen molar-refractivity contribution in [2.45, 2.75) is 45.3 Å². The van der Waals surface area contributed by atoms with Crippen LogP contribution < -0.4 is 10.8 Å². The highest BCUT2D eigenvalue weighted by atomic mass is 19.1. The van der Waals surface area contributed by atoms with Crippen LogP contribution in [-0.2, 0) is 19.5 Å². The van der Waals surface area contributed by atoms with Crippen LogP contribution in [0.15, 0.2) is 48.5 Å². The third-order valence-electron chi connectivity index (χ3n) is 7.26. The summed E-state index contributed by atoms with van der Waals surface area (Å²) in [5.41, 5.74) is 5.17. The molecule has 2 aliphatic heterocycles. The summed E-state index contributed by atoms with van der Waals surface area (Å²) in [5.74, 6) is 1.05. The van der Waals surface area contributed by atoms with Gasteiger partial charge in [0.05, 0.1) is 11.2 Å². The minimum absolute atomic E-state index is 0.258. The predicted molar refractivity (Wildman–Crippen MR) is 134 cm³/mol. The monoisotopic (exact) mass is 471 g/mol. The van der Waals surface area contributed by atoms with Gasteiger partial charge in [-0.25, -0.2) is 9.37 Å². The molecule has 6 rings (SSSR count). The van der Waals surface area contributed by atoms with Gasteiger partial charge in [-0.2, -0.15) is 4.98 Å². The predicted octanol–water partition coefficient (Wildman–Crippen LogP) is 2.68. The molecule has 1 fully saturated rings.